The minimum Gasteiger partial charge on any atom is -0.480 e. The molecule has 9 atom stereocenters. The van der Waals surface area contributed by atoms with Crippen LogP contribution in [-0.4, -0.2) is 204 Å². The summed E-state index contributed by atoms with van der Waals surface area (Å²) in [6.45, 7) is 2.97. The summed E-state index contributed by atoms with van der Waals surface area (Å²) in [6.07, 6.45) is -0.545. The number of nitrogens with two attached hydrogens (primary N) is 10. The predicted molar refractivity (Wildman–Crippen MR) is 312 cm³/mol. The number of rotatable bonds is 43. The number of aliphatic carboxylic acids is 2. The normalized spacial score (nSPS) is 13.9. The number of primary amides is 1. The average Bonchev–Trinajstić information content (AvgIpc) is 3.62. The Bertz CT molecular complexity index is 2370. The van der Waals surface area contributed by atoms with Crippen molar-refractivity contribution in [3.8, 4) is 0 Å². The lowest BCUT2D eigenvalue weighted by Gasteiger charge is -2.27. The molecule has 0 aliphatic rings. The number of nitrogens with one attached hydrogen (secondary N) is 9. The highest BCUT2D eigenvalue weighted by Gasteiger charge is 2.33. The number of amides is 10. The van der Waals surface area contributed by atoms with Crippen LogP contribution < -0.4 is 105 Å². The van der Waals surface area contributed by atoms with Crippen LogP contribution in [0.4, 0.5) is 0 Å². The molecule has 10 amide bonds. The molecular formula is C45H83N23O14S2. The van der Waals surface area contributed by atoms with Crippen LogP contribution >= 0.6 is 21.6 Å². The lowest BCUT2D eigenvalue weighted by molar-refractivity contribution is -0.139. The summed E-state index contributed by atoms with van der Waals surface area (Å²) < 4.78 is 0. The van der Waals surface area contributed by atoms with Crippen LogP contribution in [0.1, 0.15) is 85.0 Å². The fourth-order valence-corrected chi connectivity index (χ4v) is 9.14. The average molecular weight is 1230 g/mol. The van der Waals surface area contributed by atoms with E-state index in [2.05, 4.69) is 67.8 Å². The molecule has 0 rings (SSSR count). The lowest BCUT2D eigenvalue weighted by Crippen LogP contribution is -2.59. The second-order valence-electron chi connectivity index (χ2n) is 18.4. The van der Waals surface area contributed by atoms with Crippen molar-refractivity contribution >= 4 is 116 Å². The van der Waals surface area contributed by atoms with E-state index in [0.29, 0.717) is 0 Å². The van der Waals surface area contributed by atoms with Gasteiger partial charge in [0, 0.05) is 51.0 Å². The monoisotopic (exact) mass is 1230 g/mol. The van der Waals surface area contributed by atoms with Crippen molar-refractivity contribution in [1.82, 2.24) is 47.9 Å². The molecule has 0 heterocycles. The fourth-order valence-electron chi connectivity index (χ4n) is 6.81. The molecule has 0 saturated heterocycles. The highest BCUT2D eigenvalue weighted by molar-refractivity contribution is 8.76. The summed E-state index contributed by atoms with van der Waals surface area (Å²) in [4.78, 5) is 170. The van der Waals surface area contributed by atoms with Gasteiger partial charge in [0.05, 0.1) is 0 Å². The van der Waals surface area contributed by atoms with E-state index in [1.165, 1.54) is 13.8 Å². The Morgan fingerprint density at radius 2 is 0.762 bits per heavy atom. The number of hydrogen-bond acceptors (Lipinski definition) is 19. The maximum Gasteiger partial charge on any atom is 0.322 e. The molecule has 0 aromatic rings. The Hall–Kier alpha value is -8.62. The number of hydrogen-bond donors (Lipinski definition) is 21. The van der Waals surface area contributed by atoms with Gasteiger partial charge in [-0.05, 0) is 71.6 Å². The maximum atomic E-state index is 14.2. The first-order chi connectivity index (χ1) is 39.3. The number of carbonyl (C=O) groups excluding carboxylic acids is 10. The summed E-state index contributed by atoms with van der Waals surface area (Å²) in [5.74, 6) is -12.7. The van der Waals surface area contributed by atoms with E-state index in [1.54, 1.807) is 0 Å². The topological polar surface area (TPSA) is 663 Å². The van der Waals surface area contributed by atoms with Gasteiger partial charge >= 0.3 is 11.9 Å². The number of nitrogens with zero attached hydrogens (tertiary/aromatic N) is 4. The van der Waals surface area contributed by atoms with Gasteiger partial charge in [-0.25, -0.2) is 0 Å². The Morgan fingerprint density at radius 3 is 1.11 bits per heavy atom. The predicted octanol–water partition coefficient (Wildman–Crippen LogP) is -9.60. The molecule has 0 aliphatic carbocycles. The Balaban J connectivity index is 6.60. The zero-order valence-corrected chi connectivity index (χ0v) is 48.5. The zero-order valence-electron chi connectivity index (χ0n) is 46.9. The zero-order chi connectivity index (χ0) is 64.1. The molecule has 0 aliphatic heterocycles. The first-order valence-corrected chi connectivity index (χ1v) is 28.5. The summed E-state index contributed by atoms with van der Waals surface area (Å²) in [5, 5.41) is 40.1. The number of carbonyl (C=O) groups is 12. The highest BCUT2D eigenvalue weighted by atomic mass is 33.1. The molecule has 0 unspecified atom stereocenters. The quantitative estimate of drug-likeness (QED) is 0.0117. The first kappa shape index (κ1) is 75.4. The van der Waals surface area contributed by atoms with Crippen LogP contribution in [0, 0.1) is 0 Å². The molecule has 474 valence electrons. The van der Waals surface area contributed by atoms with E-state index < -0.39 is 132 Å². The summed E-state index contributed by atoms with van der Waals surface area (Å²) in [7, 11) is 1.87. The standard InChI is InChI=1S/C45H83N23O14S2/c1-21(34(74)65-25(33(47)73)8-4-14-56-42(48)49)61-37(77)26(9-5-15-57-43(50)51)67-39(79)28(11-7-17-59-45(54)55)68-38(78)27(10-6-16-58-44(52)53)66-35(75)22(2)62-40(80)30(63-23(3)69)20-84-83-19-29(36(76)60-18-32(71)72)64-31(70)13-12-24(46)41(81)82/h21-22,24-30H,4-20,46H2,1-3H3,(H2,47,73)(H,60,76)(H,61,77)(H,62,80)(H,63,69)(H,64,70)(H,65,74)(H,66,75)(H,67,79)(H,68,78)(H,71,72)(H,81,82)(H4,48,49,56)(H4,50,51,57)(H4,52,53,58)(H4,54,55,59)/t21-,22-,24+,25-,26-,27-,28-,29+,30-/m1/s1. The number of carboxylic acid groups (broad SMARTS) is 2. The van der Waals surface area contributed by atoms with Crippen LogP contribution in [0.2, 0.25) is 0 Å². The van der Waals surface area contributed by atoms with Gasteiger partial charge in [0.15, 0.2) is 23.8 Å². The van der Waals surface area contributed by atoms with Gasteiger partial charge in [0.1, 0.15) is 60.9 Å². The van der Waals surface area contributed by atoms with Gasteiger partial charge in [-0.1, -0.05) is 21.6 Å². The van der Waals surface area contributed by atoms with Crippen molar-refractivity contribution in [1.29, 1.82) is 0 Å². The van der Waals surface area contributed by atoms with Gasteiger partial charge in [-0.15, -0.1) is 0 Å². The minimum absolute atomic E-state index is 0.00300. The van der Waals surface area contributed by atoms with E-state index in [1.807, 2.05) is 0 Å². The van der Waals surface area contributed by atoms with Gasteiger partial charge in [-0.2, -0.15) is 0 Å². The first-order valence-electron chi connectivity index (χ1n) is 26.0. The molecule has 0 bridgehead atoms. The molecule has 0 saturated carbocycles. The van der Waals surface area contributed by atoms with Crippen LogP contribution in [0.5, 0.6) is 0 Å². The largest absolute Gasteiger partial charge is 0.480 e. The third-order valence-corrected chi connectivity index (χ3v) is 13.6. The molecule has 0 fully saturated rings. The van der Waals surface area contributed by atoms with E-state index in [0.717, 1.165) is 28.5 Å². The van der Waals surface area contributed by atoms with Crippen LogP contribution in [0.3, 0.4) is 0 Å². The minimum atomic E-state index is -1.47. The van der Waals surface area contributed by atoms with Crippen molar-refractivity contribution in [3.05, 3.63) is 0 Å². The Kier molecular flexibility index (Phi) is 37.1. The van der Waals surface area contributed by atoms with E-state index in [-0.39, 0.29) is 126 Å². The smallest absolute Gasteiger partial charge is 0.322 e. The fraction of sp³-hybridized carbons (Fsp3) is 0.644. The van der Waals surface area contributed by atoms with Gasteiger partial charge < -0.3 is 115 Å². The molecule has 0 aromatic carbocycles. The summed E-state index contributed by atoms with van der Waals surface area (Å²) in [6, 6.07) is -12.3. The van der Waals surface area contributed by atoms with Crippen LogP contribution in [-0.2, 0) is 57.5 Å². The van der Waals surface area contributed by atoms with Gasteiger partial charge in [0.25, 0.3) is 0 Å². The third-order valence-electron chi connectivity index (χ3n) is 11.2. The number of aliphatic imine (C=N–C) groups is 4. The molecular weight excluding hydrogens is 1150 g/mol. The van der Waals surface area contributed by atoms with Crippen molar-refractivity contribution in [3.63, 3.8) is 0 Å². The van der Waals surface area contributed by atoms with E-state index in [9.17, 15) is 57.5 Å². The maximum absolute atomic E-state index is 14.2. The summed E-state index contributed by atoms with van der Waals surface area (Å²) in [5.41, 5.74) is 54.5. The summed E-state index contributed by atoms with van der Waals surface area (Å²) >= 11 is 0. The molecule has 84 heavy (non-hydrogen) atoms. The van der Waals surface area contributed by atoms with Crippen molar-refractivity contribution in [2.45, 2.75) is 139 Å². The van der Waals surface area contributed by atoms with Crippen molar-refractivity contribution in [2.75, 3.05) is 44.2 Å². The molecule has 0 aromatic heterocycles. The SMILES string of the molecule is CC(=O)N[C@H](CSSC[C@H](NC(=O)CC[C@H](N)C(=O)O)C(=O)NCC(=O)O)C(=O)N[C@H](C)C(=O)N[C@H](CCCN=C(N)N)C(=O)N[C@H](CCCN=C(N)N)C(=O)N[C@H](CCCN=C(N)N)C(=O)N[C@H](C)C(=O)N[C@H](CCCN=C(N)N)C(N)=O. The van der Waals surface area contributed by atoms with Crippen LogP contribution in [0.25, 0.3) is 0 Å². The molecule has 39 heteroatoms. The van der Waals surface area contributed by atoms with E-state index in [4.69, 9.17) is 67.5 Å². The van der Waals surface area contributed by atoms with Gasteiger partial charge in [0.2, 0.25) is 59.1 Å². The van der Waals surface area contributed by atoms with Crippen molar-refractivity contribution < 1.29 is 67.7 Å². The molecule has 0 spiro atoms. The van der Waals surface area contributed by atoms with Gasteiger partial charge in [-0.3, -0.25) is 77.5 Å². The second kappa shape index (κ2) is 41.4. The second-order valence-corrected chi connectivity index (χ2v) is 21.0. The van der Waals surface area contributed by atoms with Crippen molar-refractivity contribution in [2.24, 2.45) is 77.3 Å². The van der Waals surface area contributed by atoms with E-state index >= 15 is 0 Å². The molecule has 0 radical (unpaired) electrons. The number of carboxylic acids is 2. The lowest BCUT2D eigenvalue weighted by atomic mass is 10.0. The molecule has 31 N–H and O–H groups in total. The third kappa shape index (κ3) is 35.3. The Labute approximate surface area is 491 Å². The van der Waals surface area contributed by atoms with Crippen LogP contribution in [0.15, 0.2) is 20.0 Å². The Morgan fingerprint density at radius 1 is 0.429 bits per heavy atom. The molecule has 37 nitrogen and oxygen atoms in total. The number of guanidine groups is 4. The highest BCUT2D eigenvalue weighted by Crippen LogP contribution is 2.23.